The summed E-state index contributed by atoms with van der Waals surface area (Å²) in [5.41, 5.74) is 1.19. The molecule has 0 bridgehead atoms. The van der Waals surface area contributed by atoms with Crippen molar-refractivity contribution in [3.8, 4) is 23.0 Å². The standard InChI is InChI=1S/C27H34N2O6/c1-26(2)16-19(27(3,4)29(26)31)25(30)28-20-13-17(11-12-21(20)32-5)9-10-18-14-22(33-6)24(35-8)23(15-18)34-7/h9-16,31H,1-8H3,(H,28,30)/b10-9-. The molecule has 1 aliphatic heterocycles. The van der Waals surface area contributed by atoms with Crippen LogP contribution in [0.15, 0.2) is 42.0 Å². The minimum absolute atomic E-state index is 0.302. The molecule has 1 aliphatic rings. The van der Waals surface area contributed by atoms with Crippen molar-refractivity contribution in [2.45, 2.75) is 38.8 Å². The van der Waals surface area contributed by atoms with E-state index in [0.29, 0.717) is 34.3 Å². The summed E-state index contributed by atoms with van der Waals surface area (Å²) in [5.74, 6) is 1.86. The molecule has 8 nitrogen and oxygen atoms in total. The predicted molar refractivity (Wildman–Crippen MR) is 137 cm³/mol. The van der Waals surface area contributed by atoms with Gasteiger partial charge in [-0.1, -0.05) is 24.3 Å². The zero-order valence-corrected chi connectivity index (χ0v) is 21.6. The van der Waals surface area contributed by atoms with E-state index in [4.69, 9.17) is 18.9 Å². The molecule has 0 unspecified atom stereocenters. The van der Waals surface area contributed by atoms with Gasteiger partial charge in [-0.3, -0.25) is 4.79 Å². The Labute approximate surface area is 206 Å². The number of benzene rings is 2. The van der Waals surface area contributed by atoms with Crippen LogP contribution in [-0.2, 0) is 4.79 Å². The van der Waals surface area contributed by atoms with E-state index >= 15 is 0 Å². The number of carbonyl (C=O) groups excluding carboxylic acids is 1. The Hall–Kier alpha value is -3.49. The number of anilines is 1. The molecule has 0 radical (unpaired) electrons. The molecule has 2 aromatic carbocycles. The van der Waals surface area contributed by atoms with E-state index in [1.807, 2.05) is 50.3 Å². The Balaban J connectivity index is 1.90. The SMILES string of the molecule is COc1ccc(/C=C\c2cc(OC)c(OC)c(OC)c2)cc1NC(=O)C1=CC(C)(C)N(O)C1(C)C. The van der Waals surface area contributed by atoms with Crippen molar-refractivity contribution in [1.82, 2.24) is 5.06 Å². The molecule has 3 rings (SSSR count). The minimum Gasteiger partial charge on any atom is -0.495 e. The highest BCUT2D eigenvalue weighted by atomic mass is 16.5. The number of nitrogens with one attached hydrogen (secondary N) is 1. The Morgan fingerprint density at radius 2 is 1.43 bits per heavy atom. The van der Waals surface area contributed by atoms with E-state index in [1.165, 1.54) is 5.06 Å². The molecule has 1 heterocycles. The highest BCUT2D eigenvalue weighted by molar-refractivity contribution is 6.06. The number of rotatable bonds is 8. The lowest BCUT2D eigenvalue weighted by molar-refractivity contribution is -0.185. The molecule has 8 heteroatoms. The van der Waals surface area contributed by atoms with Crippen LogP contribution in [0.5, 0.6) is 23.0 Å². The molecule has 0 atom stereocenters. The number of hydrogen-bond acceptors (Lipinski definition) is 7. The largest absolute Gasteiger partial charge is 0.495 e. The zero-order chi connectivity index (χ0) is 26.0. The summed E-state index contributed by atoms with van der Waals surface area (Å²) in [4.78, 5) is 13.2. The average Bonchev–Trinajstić information content (AvgIpc) is 3.00. The van der Waals surface area contributed by atoms with Crippen LogP contribution in [0.1, 0.15) is 38.8 Å². The second kappa shape index (κ2) is 10.0. The van der Waals surface area contributed by atoms with E-state index in [-0.39, 0.29) is 5.91 Å². The van der Waals surface area contributed by atoms with E-state index < -0.39 is 11.1 Å². The first kappa shape index (κ1) is 26.1. The number of methoxy groups -OCH3 is 4. The lowest BCUT2D eigenvalue weighted by Crippen LogP contribution is -2.49. The molecule has 0 saturated heterocycles. The Morgan fingerprint density at radius 1 is 0.857 bits per heavy atom. The van der Waals surface area contributed by atoms with Crippen LogP contribution >= 0.6 is 0 Å². The van der Waals surface area contributed by atoms with Crippen LogP contribution in [0.4, 0.5) is 5.69 Å². The molecule has 0 saturated carbocycles. The first-order chi connectivity index (χ1) is 16.5. The summed E-state index contributed by atoms with van der Waals surface area (Å²) < 4.78 is 21.7. The van der Waals surface area contributed by atoms with Crippen molar-refractivity contribution in [2.75, 3.05) is 33.8 Å². The Kier molecular flexibility index (Phi) is 7.47. The van der Waals surface area contributed by atoms with Gasteiger partial charge < -0.3 is 29.5 Å². The fourth-order valence-electron chi connectivity index (χ4n) is 4.28. The zero-order valence-electron chi connectivity index (χ0n) is 21.6. The first-order valence-electron chi connectivity index (χ1n) is 11.2. The normalized spacial score (nSPS) is 16.7. The molecule has 0 aliphatic carbocycles. The van der Waals surface area contributed by atoms with Gasteiger partial charge in [0.05, 0.1) is 45.2 Å². The van der Waals surface area contributed by atoms with Crippen LogP contribution in [0.25, 0.3) is 12.2 Å². The third-order valence-electron chi connectivity index (χ3n) is 6.10. The second-order valence-corrected chi connectivity index (χ2v) is 9.29. The van der Waals surface area contributed by atoms with Gasteiger partial charge in [-0.2, -0.15) is 5.06 Å². The van der Waals surface area contributed by atoms with Gasteiger partial charge in [0, 0.05) is 5.57 Å². The monoisotopic (exact) mass is 482 g/mol. The number of nitrogens with zero attached hydrogens (tertiary/aromatic N) is 1. The highest BCUT2D eigenvalue weighted by Crippen LogP contribution is 2.40. The minimum atomic E-state index is -0.842. The molecule has 1 amide bonds. The maximum absolute atomic E-state index is 13.2. The van der Waals surface area contributed by atoms with E-state index in [0.717, 1.165) is 11.1 Å². The van der Waals surface area contributed by atoms with Gasteiger partial charge in [0.15, 0.2) is 11.5 Å². The molecule has 0 fully saturated rings. The molecule has 2 aromatic rings. The lowest BCUT2D eigenvalue weighted by Gasteiger charge is -2.35. The molecular weight excluding hydrogens is 448 g/mol. The number of carbonyl (C=O) groups is 1. The number of hydroxylamine groups is 2. The van der Waals surface area contributed by atoms with Gasteiger partial charge >= 0.3 is 0 Å². The van der Waals surface area contributed by atoms with Crippen molar-refractivity contribution in [2.24, 2.45) is 0 Å². The summed E-state index contributed by atoms with van der Waals surface area (Å²) in [7, 11) is 6.25. The van der Waals surface area contributed by atoms with Crippen LogP contribution in [0, 0.1) is 0 Å². The van der Waals surface area contributed by atoms with E-state index in [1.54, 1.807) is 54.4 Å². The second-order valence-electron chi connectivity index (χ2n) is 9.29. The van der Waals surface area contributed by atoms with Gasteiger partial charge in [0.1, 0.15) is 5.75 Å². The smallest absolute Gasteiger partial charge is 0.253 e. The number of hydrogen-bond donors (Lipinski definition) is 2. The summed E-state index contributed by atoms with van der Waals surface area (Å²) in [6.45, 7) is 7.32. The van der Waals surface area contributed by atoms with Crippen LogP contribution in [0.3, 0.4) is 0 Å². The lowest BCUT2D eigenvalue weighted by atomic mass is 9.95. The van der Waals surface area contributed by atoms with Gasteiger partial charge in [0.25, 0.3) is 5.91 Å². The average molecular weight is 483 g/mol. The van der Waals surface area contributed by atoms with Crippen molar-refractivity contribution < 1.29 is 28.9 Å². The van der Waals surface area contributed by atoms with Crippen molar-refractivity contribution >= 4 is 23.7 Å². The molecule has 2 N–H and O–H groups in total. The van der Waals surface area contributed by atoms with Gasteiger partial charge in [0.2, 0.25) is 5.75 Å². The van der Waals surface area contributed by atoms with Crippen molar-refractivity contribution in [3.05, 3.63) is 53.1 Å². The third kappa shape index (κ3) is 5.13. The van der Waals surface area contributed by atoms with Crippen molar-refractivity contribution in [1.29, 1.82) is 0 Å². The quantitative estimate of drug-likeness (QED) is 0.511. The van der Waals surface area contributed by atoms with Crippen LogP contribution < -0.4 is 24.3 Å². The van der Waals surface area contributed by atoms with Gasteiger partial charge in [-0.15, -0.1) is 0 Å². The molecule has 0 spiro atoms. The molecular formula is C27H34N2O6. The van der Waals surface area contributed by atoms with Gasteiger partial charge in [-0.25, -0.2) is 0 Å². The fourth-order valence-corrected chi connectivity index (χ4v) is 4.28. The molecule has 0 aromatic heterocycles. The Morgan fingerprint density at radius 3 is 1.91 bits per heavy atom. The van der Waals surface area contributed by atoms with Crippen LogP contribution in [-0.4, -0.2) is 55.7 Å². The highest BCUT2D eigenvalue weighted by Gasteiger charge is 2.47. The maximum atomic E-state index is 13.2. The maximum Gasteiger partial charge on any atom is 0.253 e. The summed E-state index contributed by atoms with van der Waals surface area (Å²) >= 11 is 0. The van der Waals surface area contributed by atoms with E-state index in [2.05, 4.69) is 5.32 Å². The van der Waals surface area contributed by atoms with Crippen LogP contribution in [0.2, 0.25) is 0 Å². The predicted octanol–water partition coefficient (Wildman–Crippen LogP) is 5.02. The third-order valence-corrected chi connectivity index (χ3v) is 6.10. The number of amides is 1. The van der Waals surface area contributed by atoms with Crippen molar-refractivity contribution in [3.63, 3.8) is 0 Å². The first-order valence-corrected chi connectivity index (χ1v) is 11.2. The fraction of sp³-hybridized carbons (Fsp3) is 0.370. The topological polar surface area (TPSA) is 89.5 Å². The van der Waals surface area contributed by atoms with E-state index in [9.17, 15) is 10.0 Å². The molecule has 188 valence electrons. The molecule has 35 heavy (non-hydrogen) atoms. The summed E-state index contributed by atoms with van der Waals surface area (Å²) in [5, 5.41) is 14.7. The number of ether oxygens (including phenoxy) is 4. The summed E-state index contributed by atoms with van der Waals surface area (Å²) in [6.07, 6.45) is 5.60. The van der Waals surface area contributed by atoms with Gasteiger partial charge in [-0.05, 0) is 63.1 Å². The Bertz CT molecular complexity index is 1140. The summed E-state index contributed by atoms with van der Waals surface area (Å²) in [6, 6.07) is 9.21.